The fourth-order valence-electron chi connectivity index (χ4n) is 3.23. The van der Waals surface area contributed by atoms with Crippen LogP contribution in [0.1, 0.15) is 61.9 Å². The van der Waals surface area contributed by atoms with Crippen LogP contribution in [0.2, 0.25) is 0 Å². The Labute approximate surface area is 152 Å². The van der Waals surface area contributed by atoms with E-state index in [1.165, 1.54) is 4.90 Å². The summed E-state index contributed by atoms with van der Waals surface area (Å²) < 4.78 is 20.5. The molecule has 1 saturated heterocycles. The molecule has 2 N–H and O–H groups in total. The van der Waals surface area contributed by atoms with Crippen molar-refractivity contribution in [2.75, 3.05) is 13.2 Å². The lowest BCUT2D eigenvalue weighted by Gasteiger charge is -2.27. The number of ether oxygens (including phenoxy) is 1. The molecule has 0 unspecified atom stereocenters. The number of amides is 2. The second-order valence-corrected chi connectivity index (χ2v) is 7.31. The molecule has 2 heterocycles. The lowest BCUT2D eigenvalue weighted by atomic mass is 10.1. The summed E-state index contributed by atoms with van der Waals surface area (Å²) >= 11 is 0. The summed E-state index contributed by atoms with van der Waals surface area (Å²) in [5.41, 5.74) is 5.75. The minimum absolute atomic E-state index is 0.168. The highest BCUT2D eigenvalue weighted by Gasteiger charge is 2.40. The Balaban J connectivity index is 2.35. The zero-order valence-electron chi connectivity index (χ0n) is 15.6. The maximum absolute atomic E-state index is 13.5. The molecule has 1 aliphatic heterocycles. The second-order valence-electron chi connectivity index (χ2n) is 7.31. The first-order valence-corrected chi connectivity index (χ1v) is 8.56. The van der Waals surface area contributed by atoms with Gasteiger partial charge in [0.25, 0.3) is 5.91 Å². The van der Waals surface area contributed by atoms with Crippen molar-refractivity contribution in [3.8, 4) is 12.3 Å². The average Bonchev–Trinajstić information content (AvgIpc) is 3.13. The summed E-state index contributed by atoms with van der Waals surface area (Å²) in [6.45, 7) is 6.65. The number of carbonyl (C=O) groups is 2. The Morgan fingerprint density at radius 2 is 2.12 bits per heavy atom. The quantitative estimate of drug-likeness (QED) is 0.828. The Morgan fingerprint density at radius 3 is 2.58 bits per heavy atom. The van der Waals surface area contributed by atoms with Crippen LogP contribution in [0.15, 0.2) is 0 Å². The molecule has 0 aromatic carbocycles. The van der Waals surface area contributed by atoms with Crippen molar-refractivity contribution in [3.63, 3.8) is 0 Å². The molecular formula is C18H25FN4O3. The highest BCUT2D eigenvalue weighted by atomic mass is 19.1. The first-order valence-electron chi connectivity index (χ1n) is 8.56. The minimum Gasteiger partial charge on any atom is -0.444 e. The van der Waals surface area contributed by atoms with Gasteiger partial charge in [-0.25, -0.2) is 9.18 Å². The van der Waals surface area contributed by atoms with Gasteiger partial charge < -0.3 is 15.4 Å². The lowest BCUT2D eigenvalue weighted by molar-refractivity contribution is 0.0203. The van der Waals surface area contributed by atoms with Gasteiger partial charge in [0.2, 0.25) is 0 Å². The van der Waals surface area contributed by atoms with Crippen LogP contribution in [0, 0.1) is 12.3 Å². The third-order valence-electron chi connectivity index (χ3n) is 4.27. The highest BCUT2D eigenvalue weighted by molar-refractivity contribution is 5.96. The smallest absolute Gasteiger partial charge is 0.410 e. The number of nitrogens with zero attached hydrogens (tertiary/aromatic N) is 3. The number of aromatic nitrogens is 2. The number of rotatable bonds is 4. The molecule has 2 amide bonds. The zero-order valence-corrected chi connectivity index (χ0v) is 15.6. The summed E-state index contributed by atoms with van der Waals surface area (Å²) in [6, 6.07) is -0.923. The maximum Gasteiger partial charge on any atom is 0.410 e. The SMILES string of the molecule is C#Cc1nn([C@H]2C[C@@H](CF)N(C(=O)OC(C)(C)C)C2)c(CC)c1C(N)=O. The molecule has 0 radical (unpaired) electrons. The number of hydrogen-bond acceptors (Lipinski definition) is 4. The number of halogens is 1. The van der Waals surface area contributed by atoms with E-state index in [2.05, 4.69) is 11.0 Å². The van der Waals surface area contributed by atoms with Crippen LogP contribution < -0.4 is 5.73 Å². The second kappa shape index (κ2) is 7.36. The largest absolute Gasteiger partial charge is 0.444 e. The van der Waals surface area contributed by atoms with Crippen molar-refractivity contribution in [1.82, 2.24) is 14.7 Å². The molecule has 142 valence electrons. The molecule has 1 aromatic rings. The molecule has 0 saturated carbocycles. The fraction of sp³-hybridized carbons (Fsp3) is 0.611. The monoisotopic (exact) mass is 364 g/mol. The van der Waals surface area contributed by atoms with Crippen molar-refractivity contribution in [3.05, 3.63) is 17.0 Å². The van der Waals surface area contributed by atoms with E-state index in [1.54, 1.807) is 25.5 Å². The van der Waals surface area contributed by atoms with E-state index in [0.29, 0.717) is 18.5 Å². The molecule has 7 nitrogen and oxygen atoms in total. The lowest BCUT2D eigenvalue weighted by Crippen LogP contribution is -2.40. The molecule has 1 aliphatic rings. The molecule has 1 aromatic heterocycles. The number of alkyl halides is 1. The van der Waals surface area contributed by atoms with E-state index in [4.69, 9.17) is 16.9 Å². The number of nitrogens with two attached hydrogens (primary N) is 1. The van der Waals surface area contributed by atoms with E-state index in [9.17, 15) is 14.0 Å². The van der Waals surface area contributed by atoms with Gasteiger partial charge in [-0.15, -0.1) is 6.42 Å². The van der Waals surface area contributed by atoms with Crippen molar-refractivity contribution >= 4 is 12.0 Å². The Bertz CT molecular complexity index is 745. The summed E-state index contributed by atoms with van der Waals surface area (Å²) in [7, 11) is 0. The van der Waals surface area contributed by atoms with Crippen molar-refractivity contribution in [1.29, 1.82) is 0 Å². The van der Waals surface area contributed by atoms with E-state index >= 15 is 0 Å². The molecule has 0 spiro atoms. The molecular weight excluding hydrogens is 339 g/mol. The van der Waals surface area contributed by atoms with Gasteiger partial charge in [0.05, 0.1) is 23.3 Å². The van der Waals surface area contributed by atoms with Gasteiger partial charge in [0.15, 0.2) is 0 Å². The number of terminal acetylenes is 1. The van der Waals surface area contributed by atoms with Crippen LogP contribution in [0.5, 0.6) is 0 Å². The third kappa shape index (κ3) is 3.82. The molecule has 2 atom stereocenters. The van der Waals surface area contributed by atoms with Crippen molar-refractivity contribution < 1.29 is 18.7 Å². The fourth-order valence-corrected chi connectivity index (χ4v) is 3.23. The average molecular weight is 364 g/mol. The maximum atomic E-state index is 13.5. The van der Waals surface area contributed by atoms with Crippen LogP contribution in [0.3, 0.4) is 0 Å². The van der Waals surface area contributed by atoms with E-state index in [1.807, 2.05) is 6.92 Å². The van der Waals surface area contributed by atoms with Gasteiger partial charge in [0, 0.05) is 6.54 Å². The van der Waals surface area contributed by atoms with E-state index < -0.39 is 30.3 Å². The van der Waals surface area contributed by atoms with Gasteiger partial charge in [0.1, 0.15) is 18.0 Å². The third-order valence-corrected chi connectivity index (χ3v) is 4.27. The number of carbonyl (C=O) groups excluding carboxylic acids is 2. The molecule has 0 bridgehead atoms. The molecule has 1 fully saturated rings. The summed E-state index contributed by atoms with van der Waals surface area (Å²) in [5, 5.41) is 4.32. The molecule has 26 heavy (non-hydrogen) atoms. The molecule has 2 rings (SSSR count). The summed E-state index contributed by atoms with van der Waals surface area (Å²) in [5.74, 6) is 1.73. The van der Waals surface area contributed by atoms with Gasteiger partial charge >= 0.3 is 6.09 Å². The number of primary amides is 1. The standard InChI is InChI=1S/C18H25FN4O3/c1-6-13-15(16(20)24)14(7-2)23(21-13)12-8-11(9-19)22(10-12)17(25)26-18(3,4)5/h1,11-12H,7-10H2,2-5H3,(H2,20,24)/t11-,12-/m0/s1. The van der Waals surface area contributed by atoms with Gasteiger partial charge in [-0.3, -0.25) is 9.48 Å². The predicted molar refractivity (Wildman–Crippen MR) is 94.4 cm³/mol. The van der Waals surface area contributed by atoms with Crippen LogP contribution in [0.25, 0.3) is 0 Å². The zero-order chi connectivity index (χ0) is 19.6. The van der Waals surface area contributed by atoms with Gasteiger partial charge in [-0.05, 0) is 39.5 Å². The van der Waals surface area contributed by atoms with Gasteiger partial charge in [-0.2, -0.15) is 5.10 Å². The highest BCUT2D eigenvalue weighted by Crippen LogP contribution is 2.31. The van der Waals surface area contributed by atoms with Gasteiger partial charge in [-0.1, -0.05) is 6.92 Å². The van der Waals surface area contributed by atoms with Crippen LogP contribution in [-0.4, -0.2) is 51.5 Å². The summed E-state index contributed by atoms with van der Waals surface area (Å²) in [6.07, 6.45) is 5.71. The first kappa shape index (κ1) is 19.8. The summed E-state index contributed by atoms with van der Waals surface area (Å²) in [4.78, 5) is 25.5. The molecule has 0 aliphatic carbocycles. The van der Waals surface area contributed by atoms with E-state index in [-0.39, 0.29) is 23.8 Å². The molecule has 8 heteroatoms. The number of likely N-dealkylation sites (tertiary alicyclic amines) is 1. The Kier molecular flexibility index (Phi) is 5.59. The van der Waals surface area contributed by atoms with Crippen molar-refractivity contribution in [2.24, 2.45) is 5.73 Å². The Morgan fingerprint density at radius 1 is 1.46 bits per heavy atom. The predicted octanol–water partition coefficient (Wildman–Crippen LogP) is 2.05. The Hall–Kier alpha value is -2.56. The van der Waals surface area contributed by atoms with Crippen molar-refractivity contribution in [2.45, 2.75) is 58.2 Å². The minimum atomic E-state index is -0.691. The number of hydrogen-bond donors (Lipinski definition) is 1. The normalized spacial score (nSPS) is 20.1. The van der Waals surface area contributed by atoms with Crippen LogP contribution >= 0.6 is 0 Å². The van der Waals surface area contributed by atoms with Crippen LogP contribution in [-0.2, 0) is 11.2 Å². The van der Waals surface area contributed by atoms with Crippen LogP contribution in [0.4, 0.5) is 9.18 Å². The van der Waals surface area contributed by atoms with E-state index in [0.717, 1.165) is 0 Å². The topological polar surface area (TPSA) is 90.4 Å². The first-order chi connectivity index (χ1) is 12.1.